The van der Waals surface area contributed by atoms with Crippen molar-refractivity contribution in [3.63, 3.8) is 0 Å². The molecule has 0 N–H and O–H groups in total. The van der Waals surface area contributed by atoms with Crippen LogP contribution in [0, 0.1) is 18.3 Å². The molecule has 1 aliphatic rings. The molecule has 2 nitrogen and oxygen atoms in total. The van der Waals surface area contributed by atoms with Gasteiger partial charge in [-0.05, 0) is 18.8 Å². The quantitative estimate of drug-likeness (QED) is 0.459. The van der Waals surface area contributed by atoms with Crippen LogP contribution in [0.3, 0.4) is 0 Å². The lowest BCUT2D eigenvalue weighted by molar-refractivity contribution is -0.129. The summed E-state index contributed by atoms with van der Waals surface area (Å²) in [5, 5.41) is 0. The Labute approximate surface area is 79.6 Å². The molecule has 70 valence electrons. The van der Waals surface area contributed by atoms with Gasteiger partial charge in [-0.25, -0.2) is 0 Å². The van der Waals surface area contributed by atoms with Crippen LogP contribution in [0.4, 0.5) is 0 Å². The Kier molecular flexibility index (Phi) is 3.57. The number of carbonyl (C=O) groups is 1. The highest BCUT2D eigenvalue weighted by atomic mass is 16.2. The number of amides is 1. The average Bonchev–Trinajstić information content (AvgIpc) is 2.88. The van der Waals surface area contributed by atoms with Gasteiger partial charge in [0.15, 0.2) is 0 Å². The smallest absolute Gasteiger partial charge is 0.227 e. The Balaban J connectivity index is 2.39. The Morgan fingerprint density at radius 2 is 2.38 bits per heavy atom. The van der Waals surface area contributed by atoms with Gasteiger partial charge in [0.25, 0.3) is 0 Å². The van der Waals surface area contributed by atoms with E-state index in [4.69, 9.17) is 6.42 Å². The van der Waals surface area contributed by atoms with Gasteiger partial charge in [0.1, 0.15) is 0 Å². The number of nitrogens with zero attached hydrogens (tertiary/aromatic N) is 1. The molecule has 0 spiro atoms. The van der Waals surface area contributed by atoms with Crippen molar-refractivity contribution in [1.82, 2.24) is 4.90 Å². The number of hydrogen-bond donors (Lipinski definition) is 0. The summed E-state index contributed by atoms with van der Waals surface area (Å²) in [5.74, 6) is 3.30. The Morgan fingerprint density at radius 1 is 1.69 bits per heavy atom. The predicted molar refractivity (Wildman–Crippen MR) is 53.0 cm³/mol. The molecule has 1 saturated carbocycles. The minimum atomic E-state index is 0.0971. The zero-order valence-electron chi connectivity index (χ0n) is 7.83. The van der Waals surface area contributed by atoms with Crippen LogP contribution in [-0.4, -0.2) is 23.9 Å². The average molecular weight is 177 g/mol. The lowest BCUT2D eigenvalue weighted by atomic mass is 10.3. The topological polar surface area (TPSA) is 20.3 Å². The first-order chi connectivity index (χ1) is 6.27. The van der Waals surface area contributed by atoms with Crippen molar-refractivity contribution in [1.29, 1.82) is 0 Å². The summed E-state index contributed by atoms with van der Waals surface area (Å²) in [7, 11) is 0. The number of rotatable bonds is 5. The standard InChI is InChI=1S/C11H15NO/c1-3-5-11(13)12(8-4-2)9-10-6-7-10/h2-3,10H,1,5-9H2. The monoisotopic (exact) mass is 177 g/mol. The maximum atomic E-state index is 11.5. The summed E-state index contributed by atoms with van der Waals surface area (Å²) < 4.78 is 0. The second kappa shape index (κ2) is 4.71. The third-order valence-electron chi connectivity index (χ3n) is 2.13. The van der Waals surface area contributed by atoms with E-state index in [0.29, 0.717) is 18.9 Å². The van der Waals surface area contributed by atoms with Gasteiger partial charge in [-0.3, -0.25) is 4.79 Å². The molecule has 0 heterocycles. The van der Waals surface area contributed by atoms with E-state index >= 15 is 0 Å². The van der Waals surface area contributed by atoms with Crippen LogP contribution in [0.15, 0.2) is 12.7 Å². The molecule has 1 amide bonds. The van der Waals surface area contributed by atoms with Gasteiger partial charge in [-0.1, -0.05) is 12.0 Å². The van der Waals surface area contributed by atoms with Gasteiger partial charge in [0.05, 0.1) is 6.54 Å². The van der Waals surface area contributed by atoms with Crippen molar-refractivity contribution < 1.29 is 4.79 Å². The van der Waals surface area contributed by atoms with Crippen molar-refractivity contribution in [2.45, 2.75) is 19.3 Å². The second-order valence-electron chi connectivity index (χ2n) is 3.41. The molecule has 1 fully saturated rings. The van der Waals surface area contributed by atoms with Crippen LogP contribution in [0.25, 0.3) is 0 Å². The van der Waals surface area contributed by atoms with Gasteiger partial charge in [-0.2, -0.15) is 0 Å². The van der Waals surface area contributed by atoms with E-state index in [1.54, 1.807) is 11.0 Å². The number of carbonyl (C=O) groups excluding carboxylic acids is 1. The fourth-order valence-corrected chi connectivity index (χ4v) is 1.23. The van der Waals surface area contributed by atoms with Crippen LogP contribution in [0.2, 0.25) is 0 Å². The predicted octanol–water partition coefficient (Wildman–Crippen LogP) is 1.43. The SMILES string of the molecule is C#CCN(CC1CC1)C(=O)CC=C. The first kappa shape index (κ1) is 9.85. The fourth-order valence-electron chi connectivity index (χ4n) is 1.23. The number of terminal acetylenes is 1. The lowest BCUT2D eigenvalue weighted by Crippen LogP contribution is -2.32. The lowest BCUT2D eigenvalue weighted by Gasteiger charge is -2.18. The van der Waals surface area contributed by atoms with E-state index in [1.165, 1.54) is 12.8 Å². The molecule has 2 heteroatoms. The first-order valence-corrected chi connectivity index (χ1v) is 4.60. The van der Waals surface area contributed by atoms with Crippen LogP contribution in [0.1, 0.15) is 19.3 Å². The summed E-state index contributed by atoms with van der Waals surface area (Å²) in [6, 6.07) is 0. The van der Waals surface area contributed by atoms with E-state index in [2.05, 4.69) is 12.5 Å². The highest BCUT2D eigenvalue weighted by molar-refractivity contribution is 5.77. The van der Waals surface area contributed by atoms with Gasteiger partial charge < -0.3 is 4.90 Å². The van der Waals surface area contributed by atoms with Gasteiger partial charge in [-0.15, -0.1) is 13.0 Å². The molecule has 0 atom stereocenters. The molecule has 0 aromatic heterocycles. The van der Waals surface area contributed by atoms with E-state index < -0.39 is 0 Å². The van der Waals surface area contributed by atoms with E-state index in [-0.39, 0.29) is 5.91 Å². The minimum absolute atomic E-state index is 0.0971. The molecule has 0 aliphatic heterocycles. The summed E-state index contributed by atoms with van der Waals surface area (Å²) >= 11 is 0. The van der Waals surface area contributed by atoms with Crippen molar-refractivity contribution in [3.05, 3.63) is 12.7 Å². The first-order valence-electron chi connectivity index (χ1n) is 4.60. The Hall–Kier alpha value is -1.23. The van der Waals surface area contributed by atoms with Crippen molar-refractivity contribution in [2.75, 3.05) is 13.1 Å². The summed E-state index contributed by atoms with van der Waals surface area (Å²) in [4.78, 5) is 13.2. The fraction of sp³-hybridized carbons (Fsp3) is 0.545. The van der Waals surface area contributed by atoms with Gasteiger partial charge >= 0.3 is 0 Å². The maximum absolute atomic E-state index is 11.5. The molecular formula is C11H15NO. The van der Waals surface area contributed by atoms with Crippen molar-refractivity contribution >= 4 is 5.91 Å². The zero-order chi connectivity index (χ0) is 9.68. The zero-order valence-corrected chi connectivity index (χ0v) is 7.83. The van der Waals surface area contributed by atoms with E-state index in [1.807, 2.05) is 0 Å². The molecule has 1 aliphatic carbocycles. The molecule has 0 radical (unpaired) electrons. The molecule has 0 aromatic carbocycles. The molecular weight excluding hydrogens is 162 g/mol. The third kappa shape index (κ3) is 3.33. The van der Waals surface area contributed by atoms with Crippen LogP contribution < -0.4 is 0 Å². The third-order valence-corrected chi connectivity index (χ3v) is 2.13. The summed E-state index contributed by atoms with van der Waals surface area (Å²) in [6.45, 7) is 4.80. The van der Waals surface area contributed by atoms with E-state index in [9.17, 15) is 4.79 Å². The molecule has 1 rings (SSSR count). The Bertz CT molecular complexity index is 235. The van der Waals surface area contributed by atoms with Crippen LogP contribution >= 0.6 is 0 Å². The molecule has 13 heavy (non-hydrogen) atoms. The molecule has 0 aromatic rings. The minimum Gasteiger partial charge on any atom is -0.331 e. The van der Waals surface area contributed by atoms with Crippen LogP contribution in [-0.2, 0) is 4.79 Å². The van der Waals surface area contributed by atoms with Gasteiger partial charge in [0.2, 0.25) is 5.91 Å². The van der Waals surface area contributed by atoms with Crippen LogP contribution in [0.5, 0.6) is 0 Å². The largest absolute Gasteiger partial charge is 0.331 e. The normalized spacial score (nSPS) is 14.7. The molecule has 0 saturated heterocycles. The van der Waals surface area contributed by atoms with Crippen molar-refractivity contribution in [2.24, 2.45) is 5.92 Å². The highest BCUT2D eigenvalue weighted by Gasteiger charge is 2.25. The van der Waals surface area contributed by atoms with Crippen molar-refractivity contribution in [3.8, 4) is 12.3 Å². The molecule has 0 bridgehead atoms. The maximum Gasteiger partial charge on any atom is 0.227 e. The number of hydrogen-bond acceptors (Lipinski definition) is 1. The summed E-state index contributed by atoms with van der Waals surface area (Å²) in [6.07, 6.45) is 9.69. The highest BCUT2D eigenvalue weighted by Crippen LogP contribution is 2.29. The second-order valence-corrected chi connectivity index (χ2v) is 3.41. The molecule has 0 unspecified atom stereocenters. The summed E-state index contributed by atoms with van der Waals surface area (Å²) in [5.41, 5.74) is 0. The Morgan fingerprint density at radius 3 is 2.85 bits per heavy atom. The van der Waals surface area contributed by atoms with E-state index in [0.717, 1.165) is 6.54 Å². The van der Waals surface area contributed by atoms with Gasteiger partial charge in [0, 0.05) is 13.0 Å².